The van der Waals surface area contributed by atoms with Gasteiger partial charge in [-0.25, -0.2) is 4.98 Å². The fraction of sp³-hybridized carbons (Fsp3) is 0. The lowest BCUT2D eigenvalue weighted by atomic mass is 10.1. The van der Waals surface area contributed by atoms with Crippen molar-refractivity contribution >= 4 is 23.1 Å². The molecule has 0 unspecified atom stereocenters. The van der Waals surface area contributed by atoms with Crippen LogP contribution in [-0.4, -0.2) is 15.8 Å². The third kappa shape index (κ3) is 2.01. The van der Waals surface area contributed by atoms with E-state index in [0.29, 0.717) is 16.3 Å². The molecule has 0 spiro atoms. The van der Waals surface area contributed by atoms with Crippen LogP contribution in [-0.2, 0) is 0 Å². The van der Waals surface area contributed by atoms with Crippen LogP contribution in [0.4, 0.5) is 5.69 Å². The van der Waals surface area contributed by atoms with E-state index in [-0.39, 0.29) is 11.5 Å². The maximum absolute atomic E-state index is 12.0. The van der Waals surface area contributed by atoms with Crippen LogP contribution in [0.2, 0.25) is 5.02 Å². The number of hydrogen-bond acceptors (Lipinski definition) is 4. The van der Waals surface area contributed by atoms with Crippen molar-refractivity contribution in [3.8, 4) is 0 Å². The van der Waals surface area contributed by atoms with Gasteiger partial charge in [0.25, 0.3) is 0 Å². The van der Waals surface area contributed by atoms with Crippen molar-refractivity contribution in [3.05, 3.63) is 53.1 Å². The molecule has 0 aliphatic rings. The van der Waals surface area contributed by atoms with Crippen LogP contribution in [0.3, 0.4) is 0 Å². The van der Waals surface area contributed by atoms with Gasteiger partial charge in [0.1, 0.15) is 5.69 Å². The van der Waals surface area contributed by atoms with Gasteiger partial charge in [-0.15, -0.1) is 0 Å². The molecular formula is C11H8ClN3O. The first kappa shape index (κ1) is 10.6. The summed E-state index contributed by atoms with van der Waals surface area (Å²) in [5, 5.41) is 0.460. The molecule has 0 fully saturated rings. The molecule has 0 aliphatic carbocycles. The number of aromatic nitrogens is 2. The molecular weight excluding hydrogens is 226 g/mol. The van der Waals surface area contributed by atoms with Crippen LogP contribution in [0.25, 0.3) is 0 Å². The molecule has 0 amide bonds. The van der Waals surface area contributed by atoms with Crippen LogP contribution in [0.1, 0.15) is 16.1 Å². The Hall–Kier alpha value is -1.94. The summed E-state index contributed by atoms with van der Waals surface area (Å²) in [5.41, 5.74) is 6.66. The average Bonchev–Trinajstić information content (AvgIpc) is 2.32. The Morgan fingerprint density at radius 2 is 2.12 bits per heavy atom. The van der Waals surface area contributed by atoms with Gasteiger partial charge in [-0.3, -0.25) is 9.78 Å². The van der Waals surface area contributed by atoms with Crippen LogP contribution < -0.4 is 5.73 Å². The first-order valence-corrected chi connectivity index (χ1v) is 4.92. The highest BCUT2D eigenvalue weighted by Gasteiger charge is 2.13. The topological polar surface area (TPSA) is 68.9 Å². The summed E-state index contributed by atoms with van der Waals surface area (Å²) in [7, 11) is 0. The number of anilines is 1. The number of carbonyl (C=O) groups excluding carboxylic acids is 1. The predicted octanol–water partition coefficient (Wildman–Crippen LogP) is 1.94. The lowest BCUT2D eigenvalue weighted by molar-refractivity contribution is 0.103. The molecule has 2 N–H and O–H groups in total. The fourth-order valence-corrected chi connectivity index (χ4v) is 1.45. The fourth-order valence-electron chi connectivity index (χ4n) is 1.28. The lowest BCUT2D eigenvalue weighted by Gasteiger charge is -2.04. The number of nitrogen functional groups attached to an aromatic ring is 1. The van der Waals surface area contributed by atoms with Gasteiger partial charge in [0.2, 0.25) is 5.78 Å². The second-order valence-electron chi connectivity index (χ2n) is 3.15. The van der Waals surface area contributed by atoms with E-state index in [1.54, 1.807) is 12.1 Å². The van der Waals surface area contributed by atoms with Gasteiger partial charge in [0, 0.05) is 28.7 Å². The minimum atomic E-state index is -0.284. The Labute approximate surface area is 97.1 Å². The summed E-state index contributed by atoms with van der Waals surface area (Å²) in [5.74, 6) is -0.284. The second kappa shape index (κ2) is 4.28. The molecule has 80 valence electrons. The van der Waals surface area contributed by atoms with Crippen LogP contribution in [0.5, 0.6) is 0 Å². The van der Waals surface area contributed by atoms with Crippen LogP contribution in [0, 0.1) is 0 Å². The monoisotopic (exact) mass is 233 g/mol. The van der Waals surface area contributed by atoms with Crippen molar-refractivity contribution in [1.82, 2.24) is 9.97 Å². The number of halogens is 1. The van der Waals surface area contributed by atoms with Crippen molar-refractivity contribution in [2.75, 3.05) is 5.73 Å². The Kier molecular flexibility index (Phi) is 2.83. The molecule has 0 atom stereocenters. The molecule has 0 saturated carbocycles. The number of nitrogens with zero attached hydrogens (tertiary/aromatic N) is 2. The summed E-state index contributed by atoms with van der Waals surface area (Å²) < 4.78 is 0. The summed E-state index contributed by atoms with van der Waals surface area (Å²) in [6.45, 7) is 0. The average molecular weight is 234 g/mol. The summed E-state index contributed by atoms with van der Waals surface area (Å²) in [4.78, 5) is 19.7. The molecule has 16 heavy (non-hydrogen) atoms. The summed E-state index contributed by atoms with van der Waals surface area (Å²) >= 11 is 5.80. The molecule has 1 aromatic carbocycles. The first-order chi connectivity index (χ1) is 7.68. The molecule has 2 rings (SSSR count). The van der Waals surface area contributed by atoms with E-state index in [1.807, 2.05) is 0 Å². The summed E-state index contributed by atoms with van der Waals surface area (Å²) in [6.07, 6.45) is 4.34. The minimum absolute atomic E-state index is 0.247. The minimum Gasteiger partial charge on any atom is -0.398 e. The normalized spacial score (nSPS) is 10.1. The molecule has 0 bridgehead atoms. The van der Waals surface area contributed by atoms with Crippen molar-refractivity contribution in [3.63, 3.8) is 0 Å². The van der Waals surface area contributed by atoms with Crippen molar-refractivity contribution in [1.29, 1.82) is 0 Å². The Bertz CT molecular complexity index is 528. The van der Waals surface area contributed by atoms with Gasteiger partial charge in [-0.2, -0.15) is 0 Å². The van der Waals surface area contributed by atoms with E-state index >= 15 is 0 Å². The largest absolute Gasteiger partial charge is 0.398 e. The molecule has 4 nitrogen and oxygen atoms in total. The highest BCUT2D eigenvalue weighted by molar-refractivity contribution is 6.31. The van der Waals surface area contributed by atoms with E-state index in [9.17, 15) is 4.79 Å². The van der Waals surface area contributed by atoms with E-state index in [4.69, 9.17) is 17.3 Å². The van der Waals surface area contributed by atoms with Gasteiger partial charge >= 0.3 is 0 Å². The third-order valence-corrected chi connectivity index (χ3v) is 2.29. The Balaban J connectivity index is 2.46. The smallest absolute Gasteiger partial charge is 0.215 e. The predicted molar refractivity (Wildman–Crippen MR) is 61.3 cm³/mol. The molecule has 0 saturated heterocycles. The zero-order valence-corrected chi connectivity index (χ0v) is 8.98. The number of carbonyl (C=O) groups is 1. The zero-order valence-electron chi connectivity index (χ0n) is 8.22. The van der Waals surface area contributed by atoms with Crippen LogP contribution in [0.15, 0.2) is 36.8 Å². The van der Waals surface area contributed by atoms with E-state index < -0.39 is 0 Å². The summed E-state index contributed by atoms with van der Waals surface area (Å²) in [6, 6.07) is 4.74. The number of rotatable bonds is 2. The van der Waals surface area contributed by atoms with Gasteiger partial charge in [0.15, 0.2) is 0 Å². The number of hydrogen-bond donors (Lipinski definition) is 1. The van der Waals surface area contributed by atoms with Gasteiger partial charge in [-0.1, -0.05) is 11.6 Å². The number of nitrogens with two attached hydrogens (primary N) is 1. The number of ketones is 1. The second-order valence-corrected chi connectivity index (χ2v) is 3.59. The van der Waals surface area contributed by atoms with Gasteiger partial charge in [0.05, 0.1) is 6.20 Å². The molecule has 5 heteroatoms. The Morgan fingerprint density at radius 3 is 2.81 bits per heavy atom. The molecule has 1 heterocycles. The quantitative estimate of drug-likeness (QED) is 0.636. The SMILES string of the molecule is Nc1ccc(Cl)cc1C(=O)c1cnccn1. The van der Waals surface area contributed by atoms with Crippen molar-refractivity contribution < 1.29 is 4.79 Å². The highest BCUT2D eigenvalue weighted by atomic mass is 35.5. The maximum atomic E-state index is 12.0. The van der Waals surface area contributed by atoms with Crippen molar-refractivity contribution in [2.24, 2.45) is 0 Å². The van der Waals surface area contributed by atoms with Crippen molar-refractivity contribution in [2.45, 2.75) is 0 Å². The Morgan fingerprint density at radius 1 is 1.31 bits per heavy atom. The molecule has 1 aromatic heterocycles. The van der Waals surface area contributed by atoms with E-state index in [1.165, 1.54) is 24.7 Å². The zero-order chi connectivity index (χ0) is 11.5. The lowest BCUT2D eigenvalue weighted by Crippen LogP contribution is -2.07. The first-order valence-electron chi connectivity index (χ1n) is 4.54. The van der Waals surface area contributed by atoms with E-state index in [0.717, 1.165) is 0 Å². The van der Waals surface area contributed by atoms with Gasteiger partial charge < -0.3 is 5.73 Å². The number of benzene rings is 1. The van der Waals surface area contributed by atoms with E-state index in [2.05, 4.69) is 9.97 Å². The molecule has 0 radical (unpaired) electrons. The third-order valence-electron chi connectivity index (χ3n) is 2.06. The van der Waals surface area contributed by atoms with Gasteiger partial charge in [-0.05, 0) is 18.2 Å². The maximum Gasteiger partial charge on any atom is 0.215 e. The standard InChI is InChI=1S/C11H8ClN3O/c12-7-1-2-9(13)8(5-7)11(16)10-6-14-3-4-15-10/h1-6H,13H2. The highest BCUT2D eigenvalue weighted by Crippen LogP contribution is 2.20. The van der Waals surface area contributed by atoms with Crippen LogP contribution >= 0.6 is 11.6 Å². The molecule has 2 aromatic rings. The molecule has 0 aliphatic heterocycles.